The molecule has 0 aliphatic carbocycles. The zero-order chi connectivity index (χ0) is 15.8. The topological polar surface area (TPSA) is 35.5 Å². The minimum atomic E-state index is -2.94. The summed E-state index contributed by atoms with van der Waals surface area (Å²) in [5, 5.41) is 0. The Balaban J connectivity index is 3.39. The van der Waals surface area contributed by atoms with Crippen LogP contribution in [-0.4, -0.2) is 17.4 Å². The van der Waals surface area contributed by atoms with Crippen molar-refractivity contribution in [2.75, 3.05) is 13.2 Å². The molecule has 5 heteroatoms. The Kier molecular flexibility index (Phi) is 15.4. The van der Waals surface area contributed by atoms with E-state index in [1.165, 1.54) is 51.4 Å². The lowest BCUT2D eigenvalue weighted by Gasteiger charge is -2.08. The minimum Gasteiger partial charge on any atom is -0.270 e. The molecular weight excluding hydrogens is 304 g/mol. The normalized spacial score (nSPS) is 11.9. The fourth-order valence-corrected chi connectivity index (χ4v) is 3.24. The summed E-state index contributed by atoms with van der Waals surface area (Å²) in [6.07, 6.45) is 14.1. The fraction of sp³-hybridized carbons (Fsp3) is 1.00. The third-order valence-electron chi connectivity index (χ3n) is 3.45. The second-order valence-electron chi connectivity index (χ2n) is 5.59. The predicted molar refractivity (Wildman–Crippen MR) is 94.2 cm³/mol. The smallest absolute Gasteiger partial charge is 0.269 e. The molecular formula is C16H34O3S2. The highest BCUT2D eigenvalue weighted by molar-refractivity contribution is 8.27. The van der Waals surface area contributed by atoms with Crippen LogP contribution in [0.2, 0.25) is 0 Å². The van der Waals surface area contributed by atoms with Gasteiger partial charge in [0.05, 0.1) is 13.2 Å². The number of unbranched alkanes of at least 4 members (excludes halogenated alkanes) is 10. The monoisotopic (exact) mass is 338 g/mol. The molecule has 0 atom stereocenters. The first kappa shape index (κ1) is 21.3. The average molecular weight is 339 g/mol. The zero-order valence-corrected chi connectivity index (χ0v) is 15.6. The Morgan fingerprint density at radius 3 is 1.38 bits per heavy atom. The maximum Gasteiger partial charge on any atom is 0.269 e. The summed E-state index contributed by atoms with van der Waals surface area (Å²) in [7, 11) is -2.94. The summed E-state index contributed by atoms with van der Waals surface area (Å²) < 4.78 is 22.2. The summed E-state index contributed by atoms with van der Waals surface area (Å²) in [6.45, 7) is 5.31. The SMILES string of the molecule is CCCCCCCCOS(=O)(=S)OCCCCCCCC. The lowest BCUT2D eigenvalue weighted by Crippen LogP contribution is -2.10. The molecule has 0 N–H and O–H groups in total. The van der Waals surface area contributed by atoms with E-state index < -0.39 is 9.05 Å². The summed E-state index contributed by atoms with van der Waals surface area (Å²) in [5.41, 5.74) is 0. The van der Waals surface area contributed by atoms with Gasteiger partial charge in [-0.3, -0.25) is 8.37 Å². The average Bonchev–Trinajstić information content (AvgIpc) is 2.45. The molecule has 0 amide bonds. The van der Waals surface area contributed by atoms with Crippen molar-refractivity contribution >= 4 is 20.2 Å². The van der Waals surface area contributed by atoms with Crippen LogP contribution in [0.25, 0.3) is 0 Å². The maximum absolute atomic E-state index is 11.8. The Bertz CT molecular complexity index is 279. The van der Waals surface area contributed by atoms with Gasteiger partial charge in [0.25, 0.3) is 9.05 Å². The molecule has 0 heterocycles. The molecule has 0 spiro atoms. The van der Waals surface area contributed by atoms with E-state index in [1.807, 2.05) is 0 Å². The molecule has 0 saturated carbocycles. The molecule has 0 aliphatic rings. The second kappa shape index (κ2) is 15.2. The van der Waals surface area contributed by atoms with Crippen molar-refractivity contribution < 1.29 is 12.6 Å². The zero-order valence-electron chi connectivity index (χ0n) is 13.9. The summed E-state index contributed by atoms with van der Waals surface area (Å²) in [6, 6.07) is 0. The van der Waals surface area contributed by atoms with Crippen molar-refractivity contribution in [2.45, 2.75) is 90.9 Å². The lowest BCUT2D eigenvalue weighted by molar-refractivity contribution is 0.238. The molecule has 0 bridgehead atoms. The summed E-state index contributed by atoms with van der Waals surface area (Å²) >= 11 is 4.87. The molecule has 0 fully saturated rings. The van der Waals surface area contributed by atoms with Crippen LogP contribution in [0.1, 0.15) is 90.9 Å². The Morgan fingerprint density at radius 2 is 1.00 bits per heavy atom. The van der Waals surface area contributed by atoms with Crippen LogP contribution in [0.15, 0.2) is 0 Å². The third kappa shape index (κ3) is 16.5. The summed E-state index contributed by atoms with van der Waals surface area (Å²) in [4.78, 5) is 0. The van der Waals surface area contributed by atoms with Crippen molar-refractivity contribution in [3.8, 4) is 0 Å². The van der Waals surface area contributed by atoms with Crippen LogP contribution in [0.5, 0.6) is 0 Å². The van der Waals surface area contributed by atoms with Gasteiger partial charge in [0.15, 0.2) is 0 Å². The number of rotatable bonds is 16. The van der Waals surface area contributed by atoms with Gasteiger partial charge in [0, 0.05) is 11.2 Å². The van der Waals surface area contributed by atoms with E-state index >= 15 is 0 Å². The molecule has 0 saturated heterocycles. The van der Waals surface area contributed by atoms with Gasteiger partial charge in [-0.05, 0) is 12.8 Å². The van der Waals surface area contributed by atoms with E-state index in [9.17, 15) is 4.21 Å². The Labute approximate surface area is 137 Å². The van der Waals surface area contributed by atoms with E-state index in [-0.39, 0.29) is 0 Å². The van der Waals surface area contributed by atoms with Crippen molar-refractivity contribution in [1.29, 1.82) is 0 Å². The van der Waals surface area contributed by atoms with Crippen LogP contribution in [0.3, 0.4) is 0 Å². The van der Waals surface area contributed by atoms with Crippen LogP contribution in [0, 0.1) is 0 Å². The van der Waals surface area contributed by atoms with Gasteiger partial charge in [-0.25, -0.2) is 0 Å². The molecule has 0 unspecified atom stereocenters. The highest BCUT2D eigenvalue weighted by Crippen LogP contribution is 2.08. The highest BCUT2D eigenvalue weighted by Gasteiger charge is 2.06. The van der Waals surface area contributed by atoms with E-state index in [0.717, 1.165) is 25.7 Å². The van der Waals surface area contributed by atoms with Gasteiger partial charge < -0.3 is 0 Å². The first-order chi connectivity index (χ1) is 10.1. The lowest BCUT2D eigenvalue weighted by atomic mass is 10.1. The summed E-state index contributed by atoms with van der Waals surface area (Å²) in [5.74, 6) is 0. The predicted octanol–water partition coefficient (Wildman–Crippen LogP) is 5.32. The Morgan fingerprint density at radius 1 is 0.667 bits per heavy atom. The van der Waals surface area contributed by atoms with E-state index in [1.54, 1.807) is 0 Å². The molecule has 0 aromatic heterocycles. The van der Waals surface area contributed by atoms with E-state index in [0.29, 0.717) is 13.2 Å². The second-order valence-corrected chi connectivity index (χ2v) is 8.10. The number of hydrogen-bond acceptors (Lipinski definition) is 4. The fourth-order valence-electron chi connectivity index (χ4n) is 2.12. The molecule has 0 aromatic rings. The molecule has 0 rings (SSSR count). The highest BCUT2D eigenvalue weighted by atomic mass is 32.9. The van der Waals surface area contributed by atoms with Crippen molar-refractivity contribution in [3.63, 3.8) is 0 Å². The van der Waals surface area contributed by atoms with Gasteiger partial charge in [-0.2, -0.15) is 4.21 Å². The van der Waals surface area contributed by atoms with Crippen molar-refractivity contribution in [1.82, 2.24) is 0 Å². The molecule has 128 valence electrons. The van der Waals surface area contributed by atoms with Gasteiger partial charge >= 0.3 is 0 Å². The van der Waals surface area contributed by atoms with Gasteiger partial charge in [-0.1, -0.05) is 78.1 Å². The van der Waals surface area contributed by atoms with Gasteiger partial charge in [0.2, 0.25) is 0 Å². The Hall–Kier alpha value is 0.290. The third-order valence-corrected chi connectivity index (χ3v) is 4.94. The van der Waals surface area contributed by atoms with Gasteiger partial charge in [-0.15, -0.1) is 0 Å². The quantitative estimate of drug-likeness (QED) is 0.357. The van der Waals surface area contributed by atoms with Gasteiger partial charge in [0.1, 0.15) is 0 Å². The standard InChI is InChI=1S/C16H34O3S2/c1-3-5-7-9-11-13-15-18-21(17,20)19-16-14-12-10-8-6-4-2/h3-16H2,1-2H3. The molecule has 0 aliphatic heterocycles. The van der Waals surface area contributed by atoms with Crippen LogP contribution in [0.4, 0.5) is 0 Å². The molecule has 21 heavy (non-hydrogen) atoms. The minimum absolute atomic E-state index is 0.449. The van der Waals surface area contributed by atoms with Crippen molar-refractivity contribution in [3.05, 3.63) is 0 Å². The van der Waals surface area contributed by atoms with E-state index in [2.05, 4.69) is 13.8 Å². The largest absolute Gasteiger partial charge is 0.270 e. The molecule has 0 radical (unpaired) electrons. The van der Waals surface area contributed by atoms with Crippen molar-refractivity contribution in [2.24, 2.45) is 0 Å². The van der Waals surface area contributed by atoms with E-state index in [4.69, 9.17) is 19.6 Å². The maximum atomic E-state index is 11.8. The van der Waals surface area contributed by atoms with Crippen LogP contribution < -0.4 is 0 Å². The molecule has 0 aromatic carbocycles. The molecule has 3 nitrogen and oxygen atoms in total. The number of hydrogen-bond donors (Lipinski definition) is 0. The van der Waals surface area contributed by atoms with Crippen LogP contribution >= 0.6 is 0 Å². The first-order valence-corrected chi connectivity index (χ1v) is 11.0. The first-order valence-electron chi connectivity index (χ1n) is 8.66. The van der Waals surface area contributed by atoms with Crippen LogP contribution in [-0.2, 0) is 28.6 Å².